The molecule has 2 rings (SSSR count). The van der Waals surface area contributed by atoms with E-state index in [4.69, 9.17) is 5.11 Å². The minimum absolute atomic E-state index is 0.0345. The van der Waals surface area contributed by atoms with Crippen LogP contribution >= 0.6 is 0 Å². The van der Waals surface area contributed by atoms with Crippen LogP contribution in [0.3, 0.4) is 0 Å². The van der Waals surface area contributed by atoms with Gasteiger partial charge in [0.15, 0.2) is 0 Å². The number of amides is 1. The summed E-state index contributed by atoms with van der Waals surface area (Å²) in [5.41, 5.74) is 1.76. The maximum atomic E-state index is 12.2. The van der Waals surface area contributed by atoms with Crippen molar-refractivity contribution in [1.29, 1.82) is 0 Å². The summed E-state index contributed by atoms with van der Waals surface area (Å²) in [4.78, 5) is 12.2. The van der Waals surface area contributed by atoms with Crippen LogP contribution < -0.4 is 5.32 Å². The second kappa shape index (κ2) is 6.78. The van der Waals surface area contributed by atoms with Gasteiger partial charge in [0, 0.05) is 24.1 Å². The van der Waals surface area contributed by atoms with Crippen molar-refractivity contribution in [3.8, 4) is 11.8 Å². The Labute approximate surface area is 126 Å². The van der Waals surface area contributed by atoms with Gasteiger partial charge in [-0.3, -0.25) is 4.79 Å². The quantitative estimate of drug-likeness (QED) is 0.817. The van der Waals surface area contributed by atoms with Crippen LogP contribution in [0.15, 0.2) is 24.3 Å². The van der Waals surface area contributed by atoms with E-state index >= 15 is 0 Å². The van der Waals surface area contributed by atoms with Gasteiger partial charge in [-0.2, -0.15) is 0 Å². The summed E-state index contributed by atoms with van der Waals surface area (Å²) < 4.78 is 0. The lowest BCUT2D eigenvalue weighted by Gasteiger charge is -2.20. The van der Waals surface area contributed by atoms with Crippen molar-refractivity contribution < 1.29 is 9.90 Å². The van der Waals surface area contributed by atoms with Crippen LogP contribution in [-0.4, -0.2) is 24.2 Å². The molecule has 0 radical (unpaired) electrons. The maximum absolute atomic E-state index is 12.2. The zero-order valence-corrected chi connectivity index (χ0v) is 12.8. The van der Waals surface area contributed by atoms with Gasteiger partial charge in [-0.1, -0.05) is 31.8 Å². The second-order valence-electron chi connectivity index (χ2n) is 6.06. The number of benzene rings is 1. The van der Waals surface area contributed by atoms with Gasteiger partial charge in [-0.15, -0.1) is 0 Å². The van der Waals surface area contributed by atoms with Gasteiger partial charge in [0.05, 0.1) is 6.61 Å². The molecule has 1 aliphatic rings. The highest BCUT2D eigenvalue weighted by molar-refractivity contribution is 5.94. The lowest BCUT2D eigenvalue weighted by atomic mass is 9.92. The summed E-state index contributed by atoms with van der Waals surface area (Å²) >= 11 is 0. The van der Waals surface area contributed by atoms with Gasteiger partial charge >= 0.3 is 0 Å². The van der Waals surface area contributed by atoms with Crippen LogP contribution in [-0.2, 0) is 0 Å². The van der Waals surface area contributed by atoms with Gasteiger partial charge in [0.1, 0.15) is 0 Å². The van der Waals surface area contributed by atoms with E-state index in [0.717, 1.165) is 12.1 Å². The Balaban J connectivity index is 1.97. The molecule has 21 heavy (non-hydrogen) atoms. The third-order valence-electron chi connectivity index (χ3n) is 4.31. The highest BCUT2D eigenvalue weighted by atomic mass is 16.2. The first kappa shape index (κ1) is 15.6. The van der Waals surface area contributed by atoms with Gasteiger partial charge in [0.25, 0.3) is 5.91 Å². The van der Waals surface area contributed by atoms with Crippen molar-refractivity contribution in [3.05, 3.63) is 35.4 Å². The summed E-state index contributed by atoms with van der Waals surface area (Å²) in [6, 6.07) is 7.32. The molecule has 0 bridgehead atoms. The molecule has 0 saturated heterocycles. The molecular weight excluding hydrogens is 262 g/mol. The number of carbonyl (C=O) groups excluding carboxylic acids is 1. The zero-order chi connectivity index (χ0) is 15.3. The average molecular weight is 285 g/mol. The smallest absolute Gasteiger partial charge is 0.251 e. The van der Waals surface area contributed by atoms with Crippen LogP contribution in [0.1, 0.15) is 49.0 Å². The van der Waals surface area contributed by atoms with Crippen molar-refractivity contribution in [1.82, 2.24) is 5.32 Å². The van der Waals surface area contributed by atoms with Crippen molar-refractivity contribution in [2.75, 3.05) is 13.2 Å². The minimum Gasteiger partial charge on any atom is -0.395 e. The Bertz CT molecular complexity index is 562. The Morgan fingerprint density at radius 1 is 1.43 bits per heavy atom. The number of nitrogens with one attached hydrogen (secondary N) is 1. The molecule has 3 heteroatoms. The first-order valence-corrected chi connectivity index (χ1v) is 7.55. The first-order chi connectivity index (χ1) is 10.1. The number of rotatable bonds is 5. The number of hydrogen-bond acceptors (Lipinski definition) is 2. The highest BCUT2D eigenvalue weighted by Gasteiger charge is 2.45. The normalized spacial score (nSPS) is 15.2. The topological polar surface area (TPSA) is 49.3 Å². The van der Waals surface area contributed by atoms with Crippen LogP contribution in [0.5, 0.6) is 0 Å². The van der Waals surface area contributed by atoms with Crippen LogP contribution in [0.4, 0.5) is 0 Å². The van der Waals surface area contributed by atoms with E-state index in [1.807, 2.05) is 18.2 Å². The Morgan fingerprint density at radius 2 is 2.19 bits per heavy atom. The first-order valence-electron chi connectivity index (χ1n) is 7.55. The van der Waals surface area contributed by atoms with Crippen molar-refractivity contribution >= 4 is 5.91 Å². The molecule has 1 aliphatic carbocycles. The minimum atomic E-state index is -0.0345. The molecule has 0 aromatic heterocycles. The third kappa shape index (κ3) is 4.09. The predicted octanol–water partition coefficient (Wildman–Crippen LogP) is 2.59. The van der Waals surface area contributed by atoms with E-state index in [-0.39, 0.29) is 12.5 Å². The Kier molecular flexibility index (Phi) is 5.03. The Hall–Kier alpha value is -1.79. The molecule has 0 aliphatic heterocycles. The molecule has 1 fully saturated rings. The van der Waals surface area contributed by atoms with Crippen molar-refractivity contribution in [3.63, 3.8) is 0 Å². The third-order valence-corrected chi connectivity index (χ3v) is 4.31. The second-order valence-corrected chi connectivity index (χ2v) is 6.06. The molecule has 0 unspecified atom stereocenters. The fraction of sp³-hybridized carbons (Fsp3) is 0.500. The maximum Gasteiger partial charge on any atom is 0.251 e. The molecule has 112 valence electrons. The summed E-state index contributed by atoms with van der Waals surface area (Å²) in [5, 5.41) is 11.8. The molecular formula is C18H23NO2. The SMILES string of the molecule is CC(C)C1(CNC(=O)c2cccc(C#CCCO)c2)CC1. The fourth-order valence-corrected chi connectivity index (χ4v) is 2.44. The molecule has 1 aromatic rings. The molecule has 0 heterocycles. The number of hydrogen-bond donors (Lipinski definition) is 2. The van der Waals surface area contributed by atoms with E-state index in [1.54, 1.807) is 6.07 Å². The van der Waals surface area contributed by atoms with E-state index in [0.29, 0.717) is 23.3 Å². The van der Waals surface area contributed by atoms with Crippen LogP contribution in [0.2, 0.25) is 0 Å². The largest absolute Gasteiger partial charge is 0.395 e. The summed E-state index contributed by atoms with van der Waals surface area (Å²) in [5.74, 6) is 6.39. The standard InChI is InChI=1S/C18H23NO2/c1-14(2)18(9-10-18)13-19-17(21)16-8-5-7-15(12-16)6-3-4-11-20/h5,7-8,12,14,20H,4,9-11,13H2,1-2H3,(H,19,21). The lowest BCUT2D eigenvalue weighted by molar-refractivity contribution is 0.0939. The molecule has 3 nitrogen and oxygen atoms in total. The molecule has 0 atom stereocenters. The van der Waals surface area contributed by atoms with Gasteiger partial charge < -0.3 is 10.4 Å². The van der Waals surface area contributed by atoms with Crippen LogP contribution in [0.25, 0.3) is 0 Å². The Morgan fingerprint density at radius 3 is 2.81 bits per heavy atom. The fourth-order valence-electron chi connectivity index (χ4n) is 2.44. The molecule has 1 saturated carbocycles. The van der Waals surface area contributed by atoms with E-state index in [2.05, 4.69) is 31.0 Å². The van der Waals surface area contributed by atoms with Crippen LogP contribution in [0, 0.1) is 23.2 Å². The summed E-state index contributed by atoms with van der Waals surface area (Å²) in [6.45, 7) is 5.25. The zero-order valence-electron chi connectivity index (χ0n) is 12.8. The predicted molar refractivity (Wildman–Crippen MR) is 83.9 cm³/mol. The molecule has 1 amide bonds. The number of aliphatic hydroxyl groups excluding tert-OH is 1. The van der Waals surface area contributed by atoms with Crippen molar-refractivity contribution in [2.45, 2.75) is 33.1 Å². The molecule has 0 spiro atoms. The van der Waals surface area contributed by atoms with E-state index < -0.39 is 0 Å². The summed E-state index contributed by atoms with van der Waals surface area (Å²) in [7, 11) is 0. The number of carbonyl (C=O) groups is 1. The monoisotopic (exact) mass is 285 g/mol. The van der Waals surface area contributed by atoms with Gasteiger partial charge in [-0.25, -0.2) is 0 Å². The van der Waals surface area contributed by atoms with Crippen molar-refractivity contribution in [2.24, 2.45) is 11.3 Å². The van der Waals surface area contributed by atoms with E-state index in [9.17, 15) is 4.79 Å². The van der Waals surface area contributed by atoms with Gasteiger partial charge in [0.2, 0.25) is 0 Å². The lowest BCUT2D eigenvalue weighted by Crippen LogP contribution is -2.32. The van der Waals surface area contributed by atoms with E-state index in [1.165, 1.54) is 12.8 Å². The highest BCUT2D eigenvalue weighted by Crippen LogP contribution is 2.51. The summed E-state index contributed by atoms with van der Waals surface area (Å²) in [6.07, 6.45) is 2.86. The van der Waals surface area contributed by atoms with Gasteiger partial charge in [-0.05, 0) is 42.4 Å². The average Bonchev–Trinajstić information content (AvgIpc) is 3.27. The molecule has 2 N–H and O–H groups in total. The number of aliphatic hydroxyl groups is 1. The molecule has 1 aromatic carbocycles.